The van der Waals surface area contributed by atoms with Crippen LogP contribution in [0.2, 0.25) is 0 Å². The van der Waals surface area contributed by atoms with E-state index in [0.29, 0.717) is 0 Å². The van der Waals surface area contributed by atoms with E-state index in [9.17, 15) is 0 Å². The van der Waals surface area contributed by atoms with E-state index in [4.69, 9.17) is 9.97 Å². The molecule has 0 fully saturated rings. The van der Waals surface area contributed by atoms with Crippen LogP contribution in [0.25, 0.3) is 22.3 Å². The molecule has 5 aromatic rings. The quantitative estimate of drug-likeness (QED) is 0.253. The van der Waals surface area contributed by atoms with E-state index in [0.717, 1.165) is 37.2 Å². The maximum atomic E-state index is 4.85. The van der Waals surface area contributed by atoms with Crippen molar-refractivity contribution in [2.45, 2.75) is 25.7 Å². The molecule has 0 saturated carbocycles. The van der Waals surface area contributed by atoms with Crippen LogP contribution >= 0.6 is 0 Å². The Morgan fingerprint density at radius 1 is 0.543 bits per heavy atom. The molecular weight excluding hydrogens is 426 g/mol. The summed E-state index contributed by atoms with van der Waals surface area (Å²) in [6.45, 7) is 0. The average Bonchev–Trinajstić information content (AvgIpc) is 3.45. The molecule has 0 unspecified atom stereocenters. The number of anilines is 3. The van der Waals surface area contributed by atoms with Crippen molar-refractivity contribution in [3.63, 3.8) is 0 Å². The normalized spacial score (nSPS) is 14.9. The van der Waals surface area contributed by atoms with E-state index in [2.05, 4.69) is 65.6 Å². The van der Waals surface area contributed by atoms with E-state index >= 15 is 0 Å². The molecule has 2 aromatic heterocycles. The van der Waals surface area contributed by atoms with E-state index in [-0.39, 0.29) is 0 Å². The Hall–Kier alpha value is -4.24. The molecule has 0 saturated heterocycles. The van der Waals surface area contributed by atoms with Gasteiger partial charge in [0, 0.05) is 25.2 Å². The fraction of sp³-hybridized carbons (Fsp3) is 0.125. The molecule has 4 aliphatic rings. The molecule has 35 heavy (non-hydrogen) atoms. The fourth-order valence-corrected chi connectivity index (χ4v) is 6.93. The molecule has 4 heterocycles. The molecule has 164 valence electrons. The minimum absolute atomic E-state index is 0.879. The van der Waals surface area contributed by atoms with Crippen molar-refractivity contribution in [1.29, 1.82) is 0 Å². The van der Waals surface area contributed by atoms with Crippen molar-refractivity contribution < 1.29 is 0 Å². The second-order valence-corrected chi connectivity index (χ2v) is 10.2. The Bertz CT molecular complexity index is 1760. The third kappa shape index (κ3) is 2.26. The predicted molar refractivity (Wildman–Crippen MR) is 139 cm³/mol. The topological polar surface area (TPSA) is 29.0 Å². The largest absolute Gasteiger partial charge is 0.292 e. The van der Waals surface area contributed by atoms with Crippen LogP contribution in [0.3, 0.4) is 0 Å². The highest BCUT2D eigenvalue weighted by atomic mass is 15.2. The Kier molecular flexibility index (Phi) is 3.24. The molecule has 3 aromatic carbocycles. The monoisotopic (exact) mass is 447 g/mol. The predicted octanol–water partition coefficient (Wildman–Crippen LogP) is 6.90. The van der Waals surface area contributed by atoms with Gasteiger partial charge in [-0.2, -0.15) is 0 Å². The van der Waals surface area contributed by atoms with Gasteiger partial charge in [0.15, 0.2) is 0 Å². The third-order valence-corrected chi connectivity index (χ3v) is 8.43. The van der Waals surface area contributed by atoms with Crippen LogP contribution in [0.5, 0.6) is 0 Å². The van der Waals surface area contributed by atoms with Gasteiger partial charge in [0.25, 0.3) is 0 Å². The molecule has 3 heteroatoms. The van der Waals surface area contributed by atoms with E-state index in [1.165, 1.54) is 72.6 Å². The lowest BCUT2D eigenvalue weighted by atomic mass is 9.89. The maximum Gasteiger partial charge on any atom is 0.141 e. The Morgan fingerprint density at radius 3 is 2.31 bits per heavy atom. The number of benzene rings is 3. The van der Waals surface area contributed by atoms with Crippen LogP contribution in [0.1, 0.15) is 44.6 Å². The third-order valence-electron chi connectivity index (χ3n) is 8.43. The smallest absolute Gasteiger partial charge is 0.141 e. The number of aromatic nitrogens is 2. The molecule has 0 bridgehead atoms. The minimum Gasteiger partial charge on any atom is -0.292 e. The number of pyridine rings is 2. The number of rotatable bonds is 0. The van der Waals surface area contributed by atoms with Gasteiger partial charge in [-0.3, -0.25) is 9.88 Å². The summed E-state index contributed by atoms with van der Waals surface area (Å²) >= 11 is 0. The summed E-state index contributed by atoms with van der Waals surface area (Å²) in [5, 5.41) is 0. The van der Waals surface area contributed by atoms with E-state index in [1.54, 1.807) is 0 Å². The summed E-state index contributed by atoms with van der Waals surface area (Å²) in [6.07, 6.45) is 7.75. The zero-order valence-electron chi connectivity index (χ0n) is 19.2. The van der Waals surface area contributed by atoms with Gasteiger partial charge in [0.1, 0.15) is 5.82 Å². The SMILES string of the molecule is c1ccc2c(c1)Cc1c-2ccc2c1Cc1cc3c(cc1-2)N1c2ncccc2Cc2ccnc(c21)C3. The molecule has 3 nitrogen and oxygen atoms in total. The van der Waals surface area contributed by atoms with Crippen LogP contribution in [-0.2, 0) is 25.7 Å². The standard InChI is InChI=1S/C32H21N3/c1-2-6-23-18(4-1)14-27-24(23)7-8-25-26-17-30-22(13-21(26)15-28(25)27)16-29-31-19(9-11-33-29)12-20-5-3-10-34-32(20)35(30)31/h1-11,13,17H,12,14-16H2. The van der Waals surface area contributed by atoms with Crippen molar-refractivity contribution in [3.05, 3.63) is 124 Å². The molecule has 2 aliphatic heterocycles. The van der Waals surface area contributed by atoms with Crippen LogP contribution in [0.15, 0.2) is 79.1 Å². The molecule has 0 amide bonds. The summed E-state index contributed by atoms with van der Waals surface area (Å²) in [7, 11) is 0. The molecule has 0 radical (unpaired) electrons. The van der Waals surface area contributed by atoms with Crippen LogP contribution in [0, 0.1) is 0 Å². The molecule has 0 atom stereocenters. The van der Waals surface area contributed by atoms with E-state index < -0.39 is 0 Å². The first kappa shape index (κ1) is 18.1. The van der Waals surface area contributed by atoms with Gasteiger partial charge in [-0.05, 0) is 92.2 Å². The Balaban J connectivity index is 1.26. The van der Waals surface area contributed by atoms with Crippen molar-refractivity contribution in [3.8, 4) is 22.3 Å². The van der Waals surface area contributed by atoms with Gasteiger partial charge in [-0.1, -0.05) is 48.5 Å². The van der Waals surface area contributed by atoms with Gasteiger partial charge in [-0.25, -0.2) is 4.98 Å². The zero-order chi connectivity index (χ0) is 22.7. The highest BCUT2D eigenvalue weighted by Gasteiger charge is 2.35. The maximum absolute atomic E-state index is 4.85. The number of nitrogens with zero attached hydrogens (tertiary/aromatic N) is 3. The van der Waals surface area contributed by atoms with Crippen LogP contribution in [-0.4, -0.2) is 9.97 Å². The highest BCUT2D eigenvalue weighted by molar-refractivity contribution is 5.92. The Labute approximate surface area is 203 Å². The van der Waals surface area contributed by atoms with Crippen molar-refractivity contribution in [2.75, 3.05) is 4.90 Å². The van der Waals surface area contributed by atoms with Gasteiger partial charge in [-0.15, -0.1) is 0 Å². The summed E-state index contributed by atoms with van der Waals surface area (Å²) in [6, 6.07) is 24.9. The van der Waals surface area contributed by atoms with Gasteiger partial charge in [0.2, 0.25) is 0 Å². The lowest BCUT2D eigenvalue weighted by molar-refractivity contribution is 0.940. The molecular formula is C32H21N3. The summed E-state index contributed by atoms with van der Waals surface area (Å²) in [4.78, 5) is 12.1. The number of hydrogen-bond donors (Lipinski definition) is 0. The molecule has 0 spiro atoms. The molecule has 9 rings (SSSR count). The first-order valence-electron chi connectivity index (χ1n) is 12.4. The lowest BCUT2D eigenvalue weighted by Gasteiger charge is -2.38. The van der Waals surface area contributed by atoms with Gasteiger partial charge in [0.05, 0.1) is 17.1 Å². The summed E-state index contributed by atoms with van der Waals surface area (Å²) in [5.74, 6) is 1.05. The molecule has 0 N–H and O–H groups in total. The number of fused-ring (bicyclic) bond motifs is 11. The second-order valence-electron chi connectivity index (χ2n) is 10.2. The van der Waals surface area contributed by atoms with Gasteiger partial charge >= 0.3 is 0 Å². The van der Waals surface area contributed by atoms with Crippen molar-refractivity contribution in [2.24, 2.45) is 0 Å². The zero-order valence-corrected chi connectivity index (χ0v) is 19.2. The Morgan fingerprint density at radius 2 is 1.37 bits per heavy atom. The first-order chi connectivity index (χ1) is 17.3. The molecule has 2 aliphatic carbocycles. The fourth-order valence-electron chi connectivity index (χ4n) is 6.93. The first-order valence-corrected chi connectivity index (χ1v) is 12.4. The minimum atomic E-state index is 0.879. The second kappa shape index (κ2) is 6.25. The van der Waals surface area contributed by atoms with Crippen molar-refractivity contribution >= 4 is 17.2 Å². The average molecular weight is 448 g/mol. The summed E-state index contributed by atoms with van der Waals surface area (Å²) < 4.78 is 0. The van der Waals surface area contributed by atoms with Crippen LogP contribution < -0.4 is 4.90 Å². The lowest BCUT2D eigenvalue weighted by Crippen LogP contribution is -2.26. The van der Waals surface area contributed by atoms with Crippen LogP contribution in [0.4, 0.5) is 17.2 Å². The van der Waals surface area contributed by atoms with Gasteiger partial charge < -0.3 is 0 Å². The number of hydrogen-bond acceptors (Lipinski definition) is 3. The van der Waals surface area contributed by atoms with E-state index in [1.807, 2.05) is 18.5 Å². The van der Waals surface area contributed by atoms with Crippen molar-refractivity contribution in [1.82, 2.24) is 9.97 Å². The summed E-state index contributed by atoms with van der Waals surface area (Å²) in [5.41, 5.74) is 19.2. The highest BCUT2D eigenvalue weighted by Crippen LogP contribution is 2.53.